The van der Waals surface area contributed by atoms with Crippen molar-refractivity contribution in [1.82, 2.24) is 14.7 Å². The van der Waals surface area contributed by atoms with Crippen LogP contribution in [0.3, 0.4) is 0 Å². The SMILES string of the molecule is Cn1ncc(N2CCN(CC(=O)Nc3ccccc3)CC2)cc1=O. The molecule has 24 heavy (non-hydrogen) atoms. The van der Waals surface area contributed by atoms with E-state index in [1.165, 1.54) is 4.68 Å². The van der Waals surface area contributed by atoms with Gasteiger partial charge in [0.25, 0.3) is 5.56 Å². The highest BCUT2D eigenvalue weighted by Crippen LogP contribution is 2.13. The minimum atomic E-state index is -0.114. The first-order valence-electron chi connectivity index (χ1n) is 7.97. The Bertz CT molecular complexity index is 751. The quantitative estimate of drug-likeness (QED) is 0.888. The first kappa shape index (κ1) is 16.2. The second kappa shape index (κ2) is 7.27. The van der Waals surface area contributed by atoms with Crippen LogP contribution >= 0.6 is 0 Å². The molecule has 1 aromatic heterocycles. The van der Waals surface area contributed by atoms with Crippen LogP contribution in [0.15, 0.2) is 47.4 Å². The number of aryl methyl sites for hydroxylation is 1. The van der Waals surface area contributed by atoms with Crippen molar-refractivity contribution >= 4 is 17.3 Å². The Morgan fingerprint density at radius 3 is 2.54 bits per heavy atom. The maximum atomic E-state index is 12.1. The zero-order valence-corrected chi connectivity index (χ0v) is 13.7. The molecule has 0 unspecified atom stereocenters. The maximum Gasteiger partial charge on any atom is 0.268 e. The van der Waals surface area contributed by atoms with E-state index in [1.54, 1.807) is 19.3 Å². The van der Waals surface area contributed by atoms with E-state index in [9.17, 15) is 9.59 Å². The van der Waals surface area contributed by atoms with Crippen LogP contribution in [0.4, 0.5) is 11.4 Å². The van der Waals surface area contributed by atoms with Crippen LogP contribution in [0.1, 0.15) is 0 Å². The number of carbonyl (C=O) groups excluding carboxylic acids is 1. The van der Waals surface area contributed by atoms with Crippen molar-refractivity contribution in [3.05, 3.63) is 52.9 Å². The fourth-order valence-corrected chi connectivity index (χ4v) is 2.72. The molecule has 0 radical (unpaired) electrons. The van der Waals surface area contributed by atoms with E-state index in [4.69, 9.17) is 0 Å². The molecule has 0 atom stereocenters. The van der Waals surface area contributed by atoms with Crippen molar-refractivity contribution in [1.29, 1.82) is 0 Å². The van der Waals surface area contributed by atoms with E-state index in [0.717, 1.165) is 37.6 Å². The van der Waals surface area contributed by atoms with Gasteiger partial charge in [-0.2, -0.15) is 5.10 Å². The number of nitrogens with one attached hydrogen (secondary N) is 1. The molecule has 7 nitrogen and oxygen atoms in total. The summed E-state index contributed by atoms with van der Waals surface area (Å²) in [6.45, 7) is 3.47. The topological polar surface area (TPSA) is 70.5 Å². The predicted octanol–water partition coefficient (Wildman–Crippen LogP) is 0.541. The summed E-state index contributed by atoms with van der Waals surface area (Å²) in [5.41, 5.74) is 1.54. The maximum absolute atomic E-state index is 12.1. The zero-order chi connectivity index (χ0) is 16.9. The van der Waals surface area contributed by atoms with Gasteiger partial charge in [0, 0.05) is 45.0 Å². The summed E-state index contributed by atoms with van der Waals surface area (Å²) in [5, 5.41) is 6.95. The third-order valence-electron chi connectivity index (χ3n) is 4.12. The Hall–Kier alpha value is -2.67. The van der Waals surface area contributed by atoms with Gasteiger partial charge < -0.3 is 10.2 Å². The number of para-hydroxylation sites is 1. The van der Waals surface area contributed by atoms with Crippen LogP contribution in [-0.2, 0) is 11.8 Å². The van der Waals surface area contributed by atoms with Gasteiger partial charge in [0.2, 0.25) is 5.91 Å². The largest absolute Gasteiger partial charge is 0.368 e. The summed E-state index contributed by atoms with van der Waals surface area (Å²) in [7, 11) is 1.63. The molecule has 2 heterocycles. The lowest BCUT2D eigenvalue weighted by molar-refractivity contribution is -0.117. The lowest BCUT2D eigenvalue weighted by atomic mass is 10.2. The molecule has 1 saturated heterocycles. The van der Waals surface area contributed by atoms with Gasteiger partial charge in [0.1, 0.15) is 0 Å². The first-order valence-corrected chi connectivity index (χ1v) is 7.97. The number of carbonyl (C=O) groups is 1. The minimum absolute atomic E-state index is 0.00935. The Kier molecular flexibility index (Phi) is 4.90. The minimum Gasteiger partial charge on any atom is -0.368 e. The second-order valence-corrected chi connectivity index (χ2v) is 5.85. The van der Waals surface area contributed by atoms with Crippen LogP contribution in [-0.4, -0.2) is 53.3 Å². The molecular weight excluding hydrogens is 306 g/mol. The van der Waals surface area contributed by atoms with E-state index >= 15 is 0 Å². The van der Waals surface area contributed by atoms with E-state index in [0.29, 0.717) is 6.54 Å². The Morgan fingerprint density at radius 1 is 1.17 bits per heavy atom. The number of aromatic nitrogens is 2. The van der Waals surface area contributed by atoms with Gasteiger partial charge in [0.05, 0.1) is 18.4 Å². The fraction of sp³-hybridized carbons (Fsp3) is 0.353. The Morgan fingerprint density at radius 2 is 1.88 bits per heavy atom. The number of benzene rings is 1. The summed E-state index contributed by atoms with van der Waals surface area (Å²) in [6, 6.07) is 11.1. The van der Waals surface area contributed by atoms with Crippen LogP contribution in [0.25, 0.3) is 0 Å². The van der Waals surface area contributed by atoms with Crippen molar-refractivity contribution in [2.75, 3.05) is 42.9 Å². The van der Waals surface area contributed by atoms with Gasteiger partial charge in [-0.3, -0.25) is 14.5 Å². The molecule has 0 spiro atoms. The number of nitrogens with zero attached hydrogens (tertiary/aromatic N) is 4. The fourth-order valence-electron chi connectivity index (χ4n) is 2.72. The standard InChI is InChI=1S/C17H21N5O2/c1-20-17(24)11-15(12-18-20)22-9-7-21(8-10-22)13-16(23)19-14-5-3-2-4-6-14/h2-6,11-12H,7-10,13H2,1H3,(H,19,23). The molecule has 126 valence electrons. The summed E-state index contributed by atoms with van der Waals surface area (Å²) in [5.74, 6) is -0.00935. The van der Waals surface area contributed by atoms with Crippen molar-refractivity contribution in [2.24, 2.45) is 7.05 Å². The molecule has 1 aromatic carbocycles. The smallest absolute Gasteiger partial charge is 0.268 e. The van der Waals surface area contributed by atoms with Gasteiger partial charge in [-0.05, 0) is 12.1 Å². The van der Waals surface area contributed by atoms with Crippen LogP contribution in [0.5, 0.6) is 0 Å². The average Bonchev–Trinajstić information content (AvgIpc) is 2.59. The van der Waals surface area contributed by atoms with E-state index in [1.807, 2.05) is 30.3 Å². The van der Waals surface area contributed by atoms with E-state index in [2.05, 4.69) is 20.2 Å². The summed E-state index contributed by atoms with van der Waals surface area (Å²) in [6.07, 6.45) is 1.71. The predicted molar refractivity (Wildman–Crippen MR) is 93.2 cm³/mol. The number of hydrogen-bond acceptors (Lipinski definition) is 5. The van der Waals surface area contributed by atoms with Crippen molar-refractivity contribution < 1.29 is 4.79 Å². The first-order chi connectivity index (χ1) is 11.6. The van der Waals surface area contributed by atoms with Gasteiger partial charge in [-0.1, -0.05) is 18.2 Å². The third kappa shape index (κ3) is 3.99. The number of anilines is 2. The Labute approximate surface area is 140 Å². The van der Waals surface area contributed by atoms with Crippen LogP contribution in [0.2, 0.25) is 0 Å². The third-order valence-corrected chi connectivity index (χ3v) is 4.12. The molecule has 7 heteroatoms. The number of amides is 1. The molecule has 1 aliphatic heterocycles. The van der Waals surface area contributed by atoms with Gasteiger partial charge in [-0.25, -0.2) is 4.68 Å². The highest BCUT2D eigenvalue weighted by atomic mass is 16.2. The molecule has 1 aliphatic rings. The number of rotatable bonds is 4. The lowest BCUT2D eigenvalue weighted by Crippen LogP contribution is -2.49. The molecule has 0 saturated carbocycles. The molecule has 0 bridgehead atoms. The lowest BCUT2D eigenvalue weighted by Gasteiger charge is -2.35. The average molecular weight is 327 g/mol. The second-order valence-electron chi connectivity index (χ2n) is 5.85. The van der Waals surface area contributed by atoms with E-state index in [-0.39, 0.29) is 11.5 Å². The summed E-state index contributed by atoms with van der Waals surface area (Å²) >= 11 is 0. The van der Waals surface area contributed by atoms with Gasteiger partial charge in [-0.15, -0.1) is 0 Å². The monoisotopic (exact) mass is 327 g/mol. The molecule has 1 amide bonds. The number of piperazine rings is 1. The molecule has 1 N–H and O–H groups in total. The molecule has 1 fully saturated rings. The van der Waals surface area contributed by atoms with E-state index < -0.39 is 0 Å². The van der Waals surface area contributed by atoms with Crippen molar-refractivity contribution in [2.45, 2.75) is 0 Å². The molecular formula is C17H21N5O2. The highest BCUT2D eigenvalue weighted by molar-refractivity contribution is 5.92. The van der Waals surface area contributed by atoms with Crippen LogP contribution < -0.4 is 15.8 Å². The molecule has 0 aliphatic carbocycles. The number of hydrogen-bond donors (Lipinski definition) is 1. The molecule has 3 rings (SSSR count). The van der Waals surface area contributed by atoms with Gasteiger partial charge >= 0.3 is 0 Å². The summed E-state index contributed by atoms with van der Waals surface area (Å²) < 4.78 is 1.31. The van der Waals surface area contributed by atoms with Crippen LogP contribution in [0, 0.1) is 0 Å². The van der Waals surface area contributed by atoms with Crippen molar-refractivity contribution in [3.63, 3.8) is 0 Å². The highest BCUT2D eigenvalue weighted by Gasteiger charge is 2.19. The Balaban J connectivity index is 1.50. The molecule has 2 aromatic rings. The zero-order valence-electron chi connectivity index (χ0n) is 13.7. The van der Waals surface area contributed by atoms with Crippen molar-refractivity contribution in [3.8, 4) is 0 Å². The van der Waals surface area contributed by atoms with Gasteiger partial charge in [0.15, 0.2) is 0 Å². The normalized spacial score (nSPS) is 15.3. The summed E-state index contributed by atoms with van der Waals surface area (Å²) in [4.78, 5) is 28.0.